The summed E-state index contributed by atoms with van der Waals surface area (Å²) in [7, 11) is 10.9. The van der Waals surface area contributed by atoms with Crippen LogP contribution in [0.4, 0.5) is 0 Å². The van der Waals surface area contributed by atoms with Gasteiger partial charge >= 0.3 is 0 Å². The maximum atomic E-state index is 13.4. The van der Waals surface area contributed by atoms with E-state index >= 15 is 0 Å². The summed E-state index contributed by atoms with van der Waals surface area (Å²) < 4.78 is 53.9. The van der Waals surface area contributed by atoms with E-state index in [9.17, 15) is 4.79 Å². The van der Waals surface area contributed by atoms with Crippen LogP contribution in [0.1, 0.15) is 22.3 Å². The lowest BCUT2D eigenvalue weighted by Crippen LogP contribution is -2.38. The van der Waals surface area contributed by atoms with Gasteiger partial charge in [-0.25, -0.2) is 0 Å². The van der Waals surface area contributed by atoms with Gasteiger partial charge in [-0.3, -0.25) is 4.79 Å². The highest BCUT2D eigenvalue weighted by Crippen LogP contribution is 2.66. The number of carbonyl (C=O) groups is 1. The second-order valence-electron chi connectivity index (χ2n) is 11.2. The molecule has 4 rings (SSSR count). The van der Waals surface area contributed by atoms with Crippen LogP contribution in [0, 0.1) is 23.2 Å². The Labute approximate surface area is 311 Å². The van der Waals surface area contributed by atoms with E-state index in [4.69, 9.17) is 47.9 Å². The first-order chi connectivity index (χ1) is 25.7. The molecule has 53 heavy (non-hydrogen) atoms. The molecular weight excluding hydrogens is 699 g/mol. The van der Waals surface area contributed by atoms with Crippen molar-refractivity contribution < 1.29 is 47.4 Å². The average Bonchev–Trinajstić information content (AvgIpc) is 3.21. The van der Waals surface area contributed by atoms with Crippen LogP contribution in [0.25, 0.3) is 0 Å². The Morgan fingerprint density at radius 1 is 0.585 bits per heavy atom. The van der Waals surface area contributed by atoms with Gasteiger partial charge in [-0.1, -0.05) is 5.92 Å². The first-order valence-corrected chi connectivity index (χ1v) is 18.3. The lowest BCUT2D eigenvalue weighted by Gasteiger charge is -2.33. The van der Waals surface area contributed by atoms with Gasteiger partial charge in [0.15, 0.2) is 56.5 Å². The number of methoxy groups -OCH3 is 9. The molecule has 0 aromatic heterocycles. The Kier molecular flexibility index (Phi) is 13.9. The summed E-state index contributed by atoms with van der Waals surface area (Å²) in [6, 6.07) is 19.3. The molecule has 0 atom stereocenters. The average molecular weight is 744 g/mol. The van der Waals surface area contributed by atoms with Crippen LogP contribution in [0.2, 0.25) is 0 Å². The lowest BCUT2D eigenvalue weighted by molar-refractivity contribution is 0.0953. The number of nitrogens with one attached hydrogen (secondary N) is 1. The van der Waals surface area contributed by atoms with Crippen LogP contribution < -0.4 is 63.9 Å². The Hall–Kier alpha value is -5.97. The summed E-state index contributed by atoms with van der Waals surface area (Å²) in [5, 5.41) is 13.9. The van der Waals surface area contributed by atoms with Gasteiger partial charge in [0.05, 0.1) is 70.2 Å². The van der Waals surface area contributed by atoms with Crippen LogP contribution in [-0.4, -0.2) is 82.6 Å². The predicted octanol–water partition coefficient (Wildman–Crippen LogP) is 4.75. The fourth-order valence-electron chi connectivity index (χ4n) is 6.19. The molecule has 1 amide bonds. The standard InChI is InChI=1S/C40H43N2O10P/c1-44-28-20-31(47-4)37(32(21-28)48-5)53(38-33(49-6)22-29(45-2)23-34(38)50-7,39-35(51-8)24-30(46-3)25-36(39)52-9)19-11-18-42-40(43)27-15-13-26(14-16-27)12-10-17-41/h13-16,20-25H,11,18-19H2,1-9H3/p+1. The van der Waals surface area contributed by atoms with Gasteiger partial charge in [0.2, 0.25) is 0 Å². The molecule has 0 aliphatic heterocycles. The molecule has 4 aromatic carbocycles. The number of amides is 1. The molecule has 4 aromatic rings. The van der Waals surface area contributed by atoms with Crippen LogP contribution in [0.5, 0.6) is 51.7 Å². The third-order valence-corrected chi connectivity index (χ3v) is 13.2. The van der Waals surface area contributed by atoms with Crippen molar-refractivity contribution in [2.24, 2.45) is 0 Å². The first kappa shape index (κ1) is 39.8. The van der Waals surface area contributed by atoms with E-state index in [-0.39, 0.29) is 12.5 Å². The van der Waals surface area contributed by atoms with E-state index in [1.165, 1.54) is 0 Å². The monoisotopic (exact) mass is 743 g/mol. The fourth-order valence-corrected chi connectivity index (χ4v) is 11.4. The molecule has 0 bridgehead atoms. The Morgan fingerprint density at radius 3 is 1.25 bits per heavy atom. The zero-order chi connectivity index (χ0) is 38.5. The predicted molar refractivity (Wildman–Crippen MR) is 205 cm³/mol. The Bertz CT molecular complexity index is 1790. The highest BCUT2D eigenvalue weighted by atomic mass is 31.2. The van der Waals surface area contributed by atoms with Crippen LogP contribution in [0.3, 0.4) is 0 Å². The van der Waals surface area contributed by atoms with Gasteiger partial charge in [-0.2, -0.15) is 5.26 Å². The third-order valence-electron chi connectivity index (χ3n) is 8.58. The molecule has 0 heterocycles. The maximum Gasteiger partial charge on any atom is 0.251 e. The van der Waals surface area contributed by atoms with Crippen molar-refractivity contribution in [3.05, 3.63) is 71.8 Å². The van der Waals surface area contributed by atoms with Crippen molar-refractivity contribution >= 4 is 29.1 Å². The molecule has 0 saturated heterocycles. The van der Waals surface area contributed by atoms with Crippen molar-refractivity contribution in [2.45, 2.75) is 6.42 Å². The Morgan fingerprint density at radius 2 is 0.943 bits per heavy atom. The molecule has 0 aliphatic carbocycles. The summed E-state index contributed by atoms with van der Waals surface area (Å²) in [6.45, 7) is 0.277. The van der Waals surface area contributed by atoms with E-state index in [2.05, 4.69) is 17.2 Å². The molecule has 278 valence electrons. The number of hydrogen-bond acceptors (Lipinski definition) is 11. The second kappa shape index (κ2) is 18.5. The van der Waals surface area contributed by atoms with Gasteiger partial charge < -0.3 is 47.9 Å². The van der Waals surface area contributed by atoms with E-state index in [0.717, 1.165) is 0 Å². The number of nitrogens with zero attached hydrogens (tertiary/aromatic N) is 1. The van der Waals surface area contributed by atoms with Crippen LogP contribution >= 0.6 is 7.26 Å². The van der Waals surface area contributed by atoms with Crippen molar-refractivity contribution in [1.82, 2.24) is 5.32 Å². The minimum absolute atomic E-state index is 0.271. The number of hydrogen-bond donors (Lipinski definition) is 1. The summed E-state index contributed by atoms with van der Waals surface area (Å²) in [6.07, 6.45) is 0.841. The van der Waals surface area contributed by atoms with E-state index in [0.29, 0.717) is 91.4 Å². The highest BCUT2D eigenvalue weighted by molar-refractivity contribution is 7.96. The Balaban J connectivity index is 2.07. The summed E-state index contributed by atoms with van der Waals surface area (Å²) in [5.41, 5.74) is 1.08. The molecule has 13 heteroatoms. The minimum Gasteiger partial charge on any atom is -0.496 e. The van der Waals surface area contributed by atoms with Gasteiger partial charge in [0, 0.05) is 60.0 Å². The fraction of sp³-hybridized carbons (Fsp3) is 0.300. The third kappa shape index (κ3) is 8.25. The largest absolute Gasteiger partial charge is 0.496 e. The minimum atomic E-state index is -3.23. The summed E-state index contributed by atoms with van der Waals surface area (Å²) in [5.74, 6) is 9.18. The number of nitriles is 1. The SMILES string of the molecule is COc1cc(OC)c([P+](CCCNC(=O)c2ccc(C#CC#N)cc2)(c2c(OC)cc(OC)cc2OC)c2c(OC)cc(OC)cc2OC)c(OC)c1. The molecule has 0 unspecified atom stereocenters. The molecule has 12 nitrogen and oxygen atoms in total. The van der Waals surface area contributed by atoms with Crippen molar-refractivity contribution in [2.75, 3.05) is 76.7 Å². The van der Waals surface area contributed by atoms with Crippen molar-refractivity contribution in [1.29, 1.82) is 5.26 Å². The number of ether oxygens (including phenoxy) is 9. The van der Waals surface area contributed by atoms with Crippen LogP contribution in [0.15, 0.2) is 60.7 Å². The quantitative estimate of drug-likeness (QED) is 0.0912. The molecule has 0 saturated carbocycles. The number of carbonyl (C=O) groups excluding carboxylic acids is 1. The zero-order valence-electron chi connectivity index (χ0n) is 31.4. The van der Waals surface area contributed by atoms with Crippen molar-refractivity contribution in [3.8, 4) is 69.7 Å². The number of benzene rings is 4. The van der Waals surface area contributed by atoms with Crippen LogP contribution in [-0.2, 0) is 0 Å². The zero-order valence-corrected chi connectivity index (χ0v) is 32.3. The van der Waals surface area contributed by atoms with Crippen molar-refractivity contribution in [3.63, 3.8) is 0 Å². The lowest BCUT2D eigenvalue weighted by atomic mass is 10.1. The first-order valence-electron chi connectivity index (χ1n) is 16.3. The molecule has 0 fully saturated rings. The van der Waals surface area contributed by atoms with Gasteiger partial charge in [-0.15, -0.1) is 0 Å². The smallest absolute Gasteiger partial charge is 0.251 e. The number of rotatable bonds is 17. The maximum absolute atomic E-state index is 13.4. The van der Waals surface area contributed by atoms with Gasteiger partial charge in [0.25, 0.3) is 5.91 Å². The highest BCUT2D eigenvalue weighted by Gasteiger charge is 2.57. The molecule has 0 aliphatic rings. The second-order valence-corrected chi connectivity index (χ2v) is 14.6. The summed E-state index contributed by atoms with van der Waals surface area (Å²) in [4.78, 5) is 13.4. The normalized spacial score (nSPS) is 10.5. The van der Waals surface area contributed by atoms with E-state index < -0.39 is 7.26 Å². The van der Waals surface area contributed by atoms with Gasteiger partial charge in [0.1, 0.15) is 24.5 Å². The molecular formula is C40H44N2O10P+. The topological polar surface area (TPSA) is 136 Å². The molecule has 0 spiro atoms. The van der Waals surface area contributed by atoms with Gasteiger partial charge in [-0.05, 0) is 30.7 Å². The summed E-state index contributed by atoms with van der Waals surface area (Å²) >= 11 is 0. The van der Waals surface area contributed by atoms with E-state index in [1.54, 1.807) is 131 Å². The molecule has 1 N–H and O–H groups in total. The van der Waals surface area contributed by atoms with E-state index in [1.807, 2.05) is 0 Å². The molecule has 0 radical (unpaired) electrons.